The Balaban J connectivity index is 0.000000361. The van der Waals surface area contributed by atoms with E-state index in [4.69, 9.17) is 9.41 Å². The molecule has 3 aromatic carbocycles. The van der Waals surface area contributed by atoms with Crippen LogP contribution in [0.5, 0.6) is 5.75 Å². The standard InChI is InChI=1S/C30H34GeNOSi.C13H24O2.Ir/c1-30(2,3)26-18-21(17-20-11-9-10-12-23(20)26)28-29-25(15-16-32-28)24-14-13-22(31(4,5)6)19-27(24)34(7,8)33-29;1-5-10(6-2)12(14)9-13(15)11(7-3)8-4;/h9-16,18-19H,1-8H3;9-11,14H,5-8H2,1-4H3;/q-1;;/b;12-9-;. The third-order valence-electron chi connectivity index (χ3n) is 10.0. The molecule has 0 spiro atoms. The molecule has 7 heteroatoms. The van der Waals surface area contributed by atoms with Gasteiger partial charge < -0.3 is 5.11 Å². The maximum Gasteiger partial charge on any atom is 0.162 e. The number of rotatable bonds is 9. The summed E-state index contributed by atoms with van der Waals surface area (Å²) in [6.07, 6.45) is 6.83. The van der Waals surface area contributed by atoms with E-state index in [1.807, 2.05) is 33.9 Å². The summed E-state index contributed by atoms with van der Waals surface area (Å²) in [5.74, 6) is 8.84. The predicted octanol–water partition coefficient (Wildman–Crippen LogP) is 10.9. The molecular formula is C43H58GeIrNO3Si-. The zero-order chi connectivity index (χ0) is 36.3. The molecule has 5 rings (SSSR count). The van der Waals surface area contributed by atoms with Crippen molar-refractivity contribution >= 4 is 47.7 Å². The first kappa shape index (κ1) is 41.9. The van der Waals surface area contributed by atoms with Gasteiger partial charge in [0.2, 0.25) is 0 Å². The van der Waals surface area contributed by atoms with Gasteiger partial charge in [-0.25, -0.2) is 0 Å². The van der Waals surface area contributed by atoms with E-state index in [-0.39, 0.29) is 48.9 Å². The Morgan fingerprint density at radius 3 is 2.12 bits per heavy atom. The molecule has 0 amide bonds. The van der Waals surface area contributed by atoms with E-state index in [1.165, 1.54) is 27.8 Å². The van der Waals surface area contributed by atoms with E-state index in [9.17, 15) is 9.90 Å². The largest absolute Gasteiger partial charge is 0.512 e. The van der Waals surface area contributed by atoms with Crippen LogP contribution in [0.15, 0.2) is 72.6 Å². The molecule has 1 aliphatic heterocycles. The van der Waals surface area contributed by atoms with Gasteiger partial charge in [0.15, 0.2) is 5.78 Å². The zero-order valence-corrected chi connectivity index (χ0v) is 37.9. The molecule has 0 saturated heterocycles. The van der Waals surface area contributed by atoms with Crippen LogP contribution in [-0.4, -0.2) is 37.5 Å². The molecular weight excluding hydrogens is 871 g/mol. The van der Waals surface area contributed by atoms with E-state index in [0.29, 0.717) is 0 Å². The van der Waals surface area contributed by atoms with Gasteiger partial charge in [-0.2, -0.15) is 0 Å². The number of ketones is 1. The summed E-state index contributed by atoms with van der Waals surface area (Å²) in [5, 5.41) is 13.5. The summed E-state index contributed by atoms with van der Waals surface area (Å²) < 4.78 is 8.45. The molecule has 271 valence electrons. The summed E-state index contributed by atoms with van der Waals surface area (Å²) in [5.41, 5.74) is 5.69. The molecule has 0 fully saturated rings. The third-order valence-corrected chi connectivity index (χ3v) is 16.7. The molecule has 0 saturated carbocycles. The van der Waals surface area contributed by atoms with Crippen molar-refractivity contribution in [1.29, 1.82) is 0 Å². The van der Waals surface area contributed by atoms with Gasteiger partial charge in [0, 0.05) is 38.0 Å². The van der Waals surface area contributed by atoms with Gasteiger partial charge >= 0.3 is 202 Å². The van der Waals surface area contributed by atoms with Gasteiger partial charge in [-0.1, -0.05) is 33.8 Å². The molecule has 2 heterocycles. The molecule has 0 atom stereocenters. The van der Waals surface area contributed by atoms with Gasteiger partial charge in [0.1, 0.15) is 0 Å². The number of hydrogen-bond acceptors (Lipinski definition) is 4. The van der Waals surface area contributed by atoms with Crippen LogP contribution in [0.1, 0.15) is 79.7 Å². The van der Waals surface area contributed by atoms with Crippen LogP contribution in [0.25, 0.3) is 33.2 Å². The van der Waals surface area contributed by atoms with Gasteiger partial charge in [-0.15, -0.1) is 0 Å². The summed E-state index contributed by atoms with van der Waals surface area (Å²) >= 11 is -1.94. The Bertz CT molecular complexity index is 1830. The Kier molecular flexibility index (Phi) is 14.1. The number of aromatic nitrogens is 1. The summed E-state index contributed by atoms with van der Waals surface area (Å²) in [6, 6.07) is 23.8. The van der Waals surface area contributed by atoms with E-state index in [2.05, 4.69) is 112 Å². The van der Waals surface area contributed by atoms with Crippen LogP contribution in [0, 0.1) is 17.9 Å². The molecule has 0 aliphatic carbocycles. The van der Waals surface area contributed by atoms with E-state index >= 15 is 0 Å². The average Bonchev–Trinajstić information content (AvgIpc) is 3.04. The Morgan fingerprint density at radius 1 is 0.920 bits per heavy atom. The monoisotopic (exact) mass is 931 g/mol. The molecule has 50 heavy (non-hydrogen) atoms. The SMILES string of the molecule is CC(C)(C)c1cc(-c2nccc3c2O[Si](C)(C)c2c[c]([Ge]([CH3])([CH3])[CH3])ccc2-3)[c-]c2ccccc12.CCC(CC)C(=O)/C=C(\O)C(CC)CC.[Ir]. The van der Waals surface area contributed by atoms with E-state index < -0.39 is 21.6 Å². The molecule has 1 aromatic heterocycles. The molecule has 1 N–H and O–H groups in total. The van der Waals surface area contributed by atoms with Crippen molar-refractivity contribution in [2.45, 2.75) is 110 Å². The fraction of sp³-hybridized carbons (Fsp3) is 0.442. The Morgan fingerprint density at radius 2 is 1.54 bits per heavy atom. The van der Waals surface area contributed by atoms with Crippen LogP contribution in [-0.2, 0) is 30.3 Å². The Hall–Kier alpha value is -2.51. The first-order valence-electron chi connectivity index (χ1n) is 18.2. The maximum absolute atomic E-state index is 11.7. The molecule has 0 unspecified atom stereocenters. The second-order valence-corrected chi connectivity index (χ2v) is 30.5. The normalized spacial score (nSPS) is 13.9. The fourth-order valence-corrected chi connectivity index (χ4v) is 11.7. The second-order valence-electron chi connectivity index (χ2n) is 16.0. The summed E-state index contributed by atoms with van der Waals surface area (Å²) in [4.78, 5) is 16.6. The van der Waals surface area contributed by atoms with Crippen LogP contribution in [0.4, 0.5) is 0 Å². The van der Waals surface area contributed by atoms with E-state index in [0.717, 1.165) is 53.6 Å². The van der Waals surface area contributed by atoms with Crippen molar-refractivity contribution in [3.8, 4) is 28.1 Å². The van der Waals surface area contributed by atoms with Crippen molar-refractivity contribution in [1.82, 2.24) is 4.98 Å². The minimum atomic E-state index is -2.16. The molecule has 1 aliphatic rings. The summed E-state index contributed by atoms with van der Waals surface area (Å²) in [7, 11) is -2.16. The maximum atomic E-state index is 11.7. The number of hydrogen-bond donors (Lipinski definition) is 1. The minimum absolute atomic E-state index is 0. The minimum Gasteiger partial charge on any atom is -0.512 e. The number of carbonyl (C=O) groups is 1. The van der Waals surface area contributed by atoms with Crippen molar-refractivity contribution in [3.63, 3.8) is 0 Å². The van der Waals surface area contributed by atoms with Crippen LogP contribution in [0.3, 0.4) is 0 Å². The zero-order valence-electron chi connectivity index (χ0n) is 32.4. The number of aliphatic hydroxyl groups excluding tert-OH is 1. The number of nitrogens with zero attached hydrogens (tertiary/aromatic N) is 1. The average molecular weight is 930 g/mol. The summed E-state index contributed by atoms with van der Waals surface area (Å²) in [6.45, 7) is 19.5. The van der Waals surface area contributed by atoms with Gasteiger partial charge in [-0.3, -0.25) is 4.79 Å². The molecule has 4 aromatic rings. The molecule has 0 bridgehead atoms. The van der Waals surface area contributed by atoms with Crippen molar-refractivity contribution in [2.24, 2.45) is 11.8 Å². The number of allylic oxidation sites excluding steroid dienone is 2. The van der Waals surface area contributed by atoms with Gasteiger partial charge in [-0.05, 0) is 25.7 Å². The van der Waals surface area contributed by atoms with E-state index in [1.54, 1.807) is 4.40 Å². The van der Waals surface area contributed by atoms with Crippen LogP contribution >= 0.6 is 0 Å². The number of benzene rings is 3. The third kappa shape index (κ3) is 9.28. The number of aliphatic hydroxyl groups is 1. The number of carbonyl (C=O) groups excluding carboxylic acids is 1. The molecule has 1 radical (unpaired) electrons. The quantitative estimate of drug-likeness (QED) is 0.0786. The van der Waals surface area contributed by atoms with Crippen LogP contribution < -0.4 is 14.0 Å². The van der Waals surface area contributed by atoms with Crippen molar-refractivity contribution in [2.75, 3.05) is 0 Å². The Labute approximate surface area is 319 Å². The fourth-order valence-electron chi connectivity index (χ4n) is 6.77. The topological polar surface area (TPSA) is 59.4 Å². The smallest absolute Gasteiger partial charge is 0.162 e. The van der Waals surface area contributed by atoms with Crippen molar-refractivity contribution in [3.05, 3.63) is 84.3 Å². The first-order valence-corrected chi connectivity index (χ1v) is 28.5. The number of pyridine rings is 1. The second kappa shape index (κ2) is 16.9. The number of fused-ring (bicyclic) bond motifs is 4. The molecule has 4 nitrogen and oxygen atoms in total. The van der Waals surface area contributed by atoms with Gasteiger partial charge in [0.05, 0.1) is 5.76 Å². The van der Waals surface area contributed by atoms with Gasteiger partial charge in [0.25, 0.3) is 0 Å². The van der Waals surface area contributed by atoms with Crippen molar-refractivity contribution < 1.29 is 34.4 Å². The first-order chi connectivity index (χ1) is 23.0. The van der Waals surface area contributed by atoms with Crippen LogP contribution in [0.2, 0.25) is 30.4 Å². The predicted molar refractivity (Wildman–Crippen MR) is 215 cm³/mol.